The van der Waals surface area contributed by atoms with E-state index in [2.05, 4.69) is 4.98 Å². The lowest BCUT2D eigenvalue weighted by molar-refractivity contribution is 0.111. The summed E-state index contributed by atoms with van der Waals surface area (Å²) in [7, 11) is -3.43. The van der Waals surface area contributed by atoms with Crippen molar-refractivity contribution in [3.63, 3.8) is 0 Å². The lowest BCUT2D eigenvalue weighted by Gasteiger charge is -2.05. The maximum Gasteiger partial charge on any atom is 0.180 e. The van der Waals surface area contributed by atoms with Gasteiger partial charge in [-0.25, -0.2) is 13.4 Å². The van der Waals surface area contributed by atoms with Crippen LogP contribution in [0.4, 0.5) is 0 Å². The molecule has 6 nitrogen and oxygen atoms in total. The molecule has 1 heterocycles. The van der Waals surface area contributed by atoms with Crippen LogP contribution >= 0.6 is 0 Å². The molecule has 0 aliphatic rings. The average Bonchev–Trinajstić information content (AvgIpc) is 2.93. The highest BCUT2D eigenvalue weighted by Crippen LogP contribution is 2.12. The zero-order valence-electron chi connectivity index (χ0n) is 10.4. The summed E-state index contributed by atoms with van der Waals surface area (Å²) in [5, 5.41) is 8.67. The van der Waals surface area contributed by atoms with E-state index in [1.807, 2.05) is 6.07 Å². The Labute approximate surface area is 116 Å². The standard InChI is InChI=1S/C13H11N3O3S/c14-7-11-1-3-13(4-2-11)20(18,19)6-5-16-8-12(9-17)15-10-16/h1-4,8-10H,5-6H2. The minimum atomic E-state index is -3.43. The molecule has 0 aliphatic carbocycles. The van der Waals surface area contributed by atoms with E-state index in [0.717, 1.165) is 0 Å². The summed E-state index contributed by atoms with van der Waals surface area (Å²) in [6, 6.07) is 7.70. The maximum absolute atomic E-state index is 12.1. The zero-order chi connectivity index (χ0) is 14.6. The van der Waals surface area contributed by atoms with E-state index in [0.29, 0.717) is 11.8 Å². The molecule has 7 heteroatoms. The molecular formula is C13H11N3O3S. The summed E-state index contributed by atoms with van der Waals surface area (Å²) >= 11 is 0. The Bertz CT molecular complexity index is 755. The summed E-state index contributed by atoms with van der Waals surface area (Å²) in [4.78, 5) is 14.5. The predicted molar refractivity (Wildman–Crippen MR) is 70.8 cm³/mol. The second kappa shape index (κ2) is 5.67. The van der Waals surface area contributed by atoms with Crippen LogP contribution in [-0.2, 0) is 16.4 Å². The Morgan fingerprint density at radius 1 is 1.30 bits per heavy atom. The summed E-state index contributed by atoms with van der Waals surface area (Å²) < 4.78 is 25.7. The summed E-state index contributed by atoms with van der Waals surface area (Å²) in [5.74, 6) is -0.104. The zero-order valence-corrected chi connectivity index (χ0v) is 11.2. The predicted octanol–water partition coefficient (Wildman–Crippen LogP) is 1.04. The fourth-order valence-corrected chi connectivity index (χ4v) is 2.88. The molecule has 2 aromatic rings. The second-order valence-electron chi connectivity index (χ2n) is 4.11. The number of carbonyl (C=O) groups is 1. The van der Waals surface area contributed by atoms with Gasteiger partial charge in [0.15, 0.2) is 16.1 Å². The van der Waals surface area contributed by atoms with E-state index in [9.17, 15) is 13.2 Å². The van der Waals surface area contributed by atoms with Crippen LogP contribution in [0.15, 0.2) is 41.7 Å². The van der Waals surface area contributed by atoms with Crippen LogP contribution in [-0.4, -0.2) is 30.0 Å². The first kappa shape index (κ1) is 14.0. The first-order chi connectivity index (χ1) is 9.55. The van der Waals surface area contributed by atoms with Gasteiger partial charge in [0.1, 0.15) is 5.69 Å². The number of rotatable bonds is 5. The van der Waals surface area contributed by atoms with Crippen molar-refractivity contribution in [1.82, 2.24) is 9.55 Å². The van der Waals surface area contributed by atoms with Gasteiger partial charge in [0.25, 0.3) is 0 Å². The topological polar surface area (TPSA) is 92.8 Å². The van der Waals surface area contributed by atoms with Crippen molar-refractivity contribution < 1.29 is 13.2 Å². The van der Waals surface area contributed by atoms with Gasteiger partial charge in [0.05, 0.1) is 28.6 Å². The number of aldehydes is 1. The van der Waals surface area contributed by atoms with E-state index in [-0.39, 0.29) is 22.9 Å². The van der Waals surface area contributed by atoms with E-state index in [4.69, 9.17) is 5.26 Å². The fraction of sp³-hybridized carbons (Fsp3) is 0.154. The molecule has 0 bridgehead atoms. The molecule has 0 spiro atoms. The van der Waals surface area contributed by atoms with Gasteiger partial charge in [0, 0.05) is 12.7 Å². The number of nitriles is 1. The Morgan fingerprint density at radius 2 is 2.00 bits per heavy atom. The van der Waals surface area contributed by atoms with Crippen LogP contribution in [0.2, 0.25) is 0 Å². The first-order valence-electron chi connectivity index (χ1n) is 5.75. The van der Waals surface area contributed by atoms with E-state index >= 15 is 0 Å². The van der Waals surface area contributed by atoms with Gasteiger partial charge in [-0.15, -0.1) is 0 Å². The maximum atomic E-state index is 12.1. The largest absolute Gasteiger partial charge is 0.336 e. The molecule has 1 aromatic heterocycles. The Morgan fingerprint density at radius 3 is 2.55 bits per heavy atom. The summed E-state index contributed by atoms with van der Waals surface area (Å²) in [5.41, 5.74) is 0.676. The molecule has 2 rings (SSSR count). The highest BCUT2D eigenvalue weighted by molar-refractivity contribution is 7.91. The quantitative estimate of drug-likeness (QED) is 0.767. The SMILES string of the molecule is N#Cc1ccc(S(=O)(=O)CCn2cnc(C=O)c2)cc1. The lowest BCUT2D eigenvalue weighted by atomic mass is 10.2. The Balaban J connectivity index is 2.10. The molecule has 0 fully saturated rings. The molecular weight excluding hydrogens is 278 g/mol. The van der Waals surface area contributed by atoms with Gasteiger partial charge in [0.2, 0.25) is 0 Å². The number of sulfone groups is 1. The van der Waals surface area contributed by atoms with E-state index in [1.165, 1.54) is 36.8 Å². The van der Waals surface area contributed by atoms with Crippen molar-refractivity contribution in [2.75, 3.05) is 5.75 Å². The van der Waals surface area contributed by atoms with Crippen molar-refractivity contribution in [2.45, 2.75) is 11.4 Å². The normalized spacial score (nSPS) is 10.9. The van der Waals surface area contributed by atoms with Crippen molar-refractivity contribution in [2.24, 2.45) is 0 Å². The number of imidazole rings is 1. The minimum absolute atomic E-state index is 0.104. The molecule has 0 saturated carbocycles. The molecule has 102 valence electrons. The minimum Gasteiger partial charge on any atom is -0.336 e. The van der Waals surface area contributed by atoms with Crippen molar-refractivity contribution in [3.8, 4) is 6.07 Å². The molecule has 0 radical (unpaired) electrons. The van der Waals surface area contributed by atoms with Gasteiger partial charge in [-0.3, -0.25) is 4.79 Å². The third-order valence-corrected chi connectivity index (χ3v) is 4.45. The molecule has 0 unspecified atom stereocenters. The molecule has 0 saturated heterocycles. The highest BCUT2D eigenvalue weighted by Gasteiger charge is 2.14. The molecule has 0 aliphatic heterocycles. The number of aromatic nitrogens is 2. The Kier molecular flexibility index (Phi) is 3.96. The molecule has 0 atom stereocenters. The summed E-state index contributed by atoms with van der Waals surface area (Å²) in [6.45, 7) is 0.211. The molecule has 20 heavy (non-hydrogen) atoms. The van der Waals surface area contributed by atoms with Gasteiger partial charge in [-0.1, -0.05) is 0 Å². The molecule has 0 N–H and O–H groups in total. The molecule has 0 amide bonds. The number of hydrogen-bond donors (Lipinski definition) is 0. The van der Waals surface area contributed by atoms with Crippen molar-refractivity contribution in [1.29, 1.82) is 5.26 Å². The van der Waals surface area contributed by atoms with Crippen LogP contribution < -0.4 is 0 Å². The highest BCUT2D eigenvalue weighted by atomic mass is 32.2. The summed E-state index contributed by atoms with van der Waals surface area (Å²) in [6.07, 6.45) is 3.50. The molecule has 1 aromatic carbocycles. The van der Waals surface area contributed by atoms with Gasteiger partial charge in [-0.05, 0) is 24.3 Å². The van der Waals surface area contributed by atoms with Crippen molar-refractivity contribution in [3.05, 3.63) is 48.0 Å². The van der Waals surface area contributed by atoms with Crippen LogP contribution in [0.3, 0.4) is 0 Å². The third-order valence-electron chi connectivity index (χ3n) is 2.73. The smallest absolute Gasteiger partial charge is 0.180 e. The van der Waals surface area contributed by atoms with Gasteiger partial charge in [-0.2, -0.15) is 5.26 Å². The number of carbonyl (C=O) groups excluding carboxylic acids is 1. The van der Waals surface area contributed by atoms with Gasteiger partial charge < -0.3 is 4.57 Å². The fourth-order valence-electron chi connectivity index (χ4n) is 1.64. The lowest BCUT2D eigenvalue weighted by Crippen LogP contribution is -2.12. The van der Waals surface area contributed by atoms with Crippen molar-refractivity contribution >= 4 is 16.1 Å². The first-order valence-corrected chi connectivity index (χ1v) is 7.40. The third kappa shape index (κ3) is 3.10. The number of benzene rings is 1. The van der Waals surface area contributed by atoms with Crippen LogP contribution in [0.1, 0.15) is 16.1 Å². The number of aryl methyl sites for hydroxylation is 1. The van der Waals surface area contributed by atoms with E-state index in [1.54, 1.807) is 4.57 Å². The number of nitrogens with zero attached hydrogens (tertiary/aromatic N) is 3. The van der Waals surface area contributed by atoms with Crippen LogP contribution in [0.5, 0.6) is 0 Å². The van der Waals surface area contributed by atoms with Crippen LogP contribution in [0, 0.1) is 11.3 Å². The number of hydrogen-bond acceptors (Lipinski definition) is 5. The Hall–Kier alpha value is -2.46. The van der Waals surface area contributed by atoms with E-state index < -0.39 is 9.84 Å². The van der Waals surface area contributed by atoms with Gasteiger partial charge >= 0.3 is 0 Å². The van der Waals surface area contributed by atoms with Crippen LogP contribution in [0.25, 0.3) is 0 Å². The average molecular weight is 289 g/mol. The second-order valence-corrected chi connectivity index (χ2v) is 6.22. The monoisotopic (exact) mass is 289 g/mol.